The van der Waals surface area contributed by atoms with Crippen molar-refractivity contribution in [3.8, 4) is 11.5 Å². The molecule has 3 N–H and O–H groups in total. The molecule has 0 bridgehead atoms. The number of ether oxygens (including phenoxy) is 3. The van der Waals surface area contributed by atoms with Crippen LogP contribution in [0.4, 0.5) is 4.39 Å². The van der Waals surface area contributed by atoms with Gasteiger partial charge < -0.3 is 19.3 Å². The summed E-state index contributed by atoms with van der Waals surface area (Å²) in [6, 6.07) is 28.1. The van der Waals surface area contributed by atoms with Crippen LogP contribution in [-0.4, -0.2) is 49.3 Å². The highest BCUT2D eigenvalue weighted by Crippen LogP contribution is 2.43. The van der Waals surface area contributed by atoms with Gasteiger partial charge in [-0.2, -0.15) is 0 Å². The minimum Gasteiger partial charge on any atom is -0.497 e. The second-order valence-electron chi connectivity index (χ2n) is 11.2. The number of amides is 1. The number of halogens is 1. The summed E-state index contributed by atoms with van der Waals surface area (Å²) in [7, 11) is 1.57. The normalized spacial score (nSPS) is 16.7. The molecule has 1 aliphatic rings. The van der Waals surface area contributed by atoms with E-state index in [-0.39, 0.29) is 31.3 Å². The largest absolute Gasteiger partial charge is 0.497 e. The molecule has 0 spiro atoms. The molecule has 0 saturated heterocycles. The molecule has 12 heteroatoms. The molecule has 4 aromatic carbocycles. The summed E-state index contributed by atoms with van der Waals surface area (Å²) in [4.78, 5) is 22.5. The number of nitrogens with zero attached hydrogens (tertiary/aromatic N) is 4. The van der Waals surface area contributed by atoms with Gasteiger partial charge in [0.05, 0.1) is 20.3 Å². The standard InChI is InChI=1S/C36H37FN6O5/c1-46-32-9-4-8-27(22-32)33-36(23-28-6-2-3-7-29(28)24-40-43-38,35(45)42-39-19-18-25-10-14-30(37)15-11-25)41-34(48-33)26-12-16-31(17-13-26)47-21-5-20-44/h2-4,6-17,22,33,39,44H,5,18-21,23-24H2,1H3,(H,42,45)/t33-,36-/m0/s1. The van der Waals surface area contributed by atoms with Crippen molar-refractivity contribution < 1.29 is 28.5 Å². The molecular weight excluding hydrogens is 615 g/mol. The van der Waals surface area contributed by atoms with Crippen LogP contribution in [0.3, 0.4) is 0 Å². The van der Waals surface area contributed by atoms with E-state index in [0.717, 1.165) is 16.7 Å². The fraction of sp³-hybridized carbons (Fsp3) is 0.278. The van der Waals surface area contributed by atoms with Crippen molar-refractivity contribution in [2.75, 3.05) is 26.9 Å². The Hall–Kier alpha value is -5.42. The van der Waals surface area contributed by atoms with Crippen LogP contribution in [0.15, 0.2) is 107 Å². The van der Waals surface area contributed by atoms with Crippen LogP contribution < -0.4 is 20.3 Å². The first-order chi connectivity index (χ1) is 23.5. The summed E-state index contributed by atoms with van der Waals surface area (Å²) in [5.41, 5.74) is 17.1. The van der Waals surface area contributed by atoms with Gasteiger partial charge in [-0.05, 0) is 82.7 Å². The van der Waals surface area contributed by atoms with Crippen molar-refractivity contribution in [1.29, 1.82) is 0 Å². The molecule has 5 rings (SSSR count). The van der Waals surface area contributed by atoms with E-state index in [1.807, 2.05) is 48.5 Å². The van der Waals surface area contributed by atoms with Crippen LogP contribution in [0, 0.1) is 5.82 Å². The van der Waals surface area contributed by atoms with Crippen molar-refractivity contribution in [2.24, 2.45) is 10.1 Å². The third-order valence-corrected chi connectivity index (χ3v) is 7.96. The number of nitrogens with one attached hydrogen (secondary N) is 2. The van der Waals surface area contributed by atoms with Gasteiger partial charge in [0.15, 0.2) is 11.6 Å². The second kappa shape index (κ2) is 16.4. The second-order valence-corrected chi connectivity index (χ2v) is 11.2. The van der Waals surface area contributed by atoms with Crippen molar-refractivity contribution in [3.63, 3.8) is 0 Å². The number of methoxy groups -OCH3 is 1. The Morgan fingerprint density at radius 2 is 1.81 bits per heavy atom. The maximum absolute atomic E-state index is 14.5. The van der Waals surface area contributed by atoms with Gasteiger partial charge >= 0.3 is 0 Å². The number of benzene rings is 4. The number of hydrazine groups is 1. The Morgan fingerprint density at radius 1 is 1.04 bits per heavy atom. The van der Waals surface area contributed by atoms with Gasteiger partial charge in [0.25, 0.3) is 5.91 Å². The molecule has 0 saturated carbocycles. The lowest BCUT2D eigenvalue weighted by Crippen LogP contribution is -2.54. The summed E-state index contributed by atoms with van der Waals surface area (Å²) in [5, 5.41) is 12.9. The number of carbonyl (C=O) groups excluding carboxylic acids is 1. The first kappa shape index (κ1) is 33.9. The van der Waals surface area contributed by atoms with Gasteiger partial charge in [0, 0.05) is 36.5 Å². The molecule has 48 heavy (non-hydrogen) atoms. The van der Waals surface area contributed by atoms with Gasteiger partial charge in [0.2, 0.25) is 5.90 Å². The highest BCUT2D eigenvalue weighted by Gasteiger charge is 2.53. The van der Waals surface area contributed by atoms with Crippen LogP contribution in [0.1, 0.15) is 40.3 Å². The Kier molecular flexibility index (Phi) is 11.6. The topological polar surface area (TPSA) is 150 Å². The molecule has 1 amide bonds. The molecule has 0 unspecified atom stereocenters. The minimum absolute atomic E-state index is 0.0334. The number of aliphatic imine (C=N–C) groups is 1. The summed E-state index contributed by atoms with van der Waals surface area (Å²) in [6.45, 7) is 0.878. The van der Waals surface area contributed by atoms with Crippen molar-refractivity contribution in [1.82, 2.24) is 10.9 Å². The first-order valence-corrected chi connectivity index (χ1v) is 15.6. The predicted molar refractivity (Wildman–Crippen MR) is 179 cm³/mol. The number of carbonyl (C=O) groups is 1. The SMILES string of the molecule is COc1cccc([C@@H]2OC(c3ccc(OCCCO)cc3)=N[C@]2(Cc2ccccc2CN=[N+]=[N-])C(=O)NNCCc2ccc(F)cc2)c1. The molecule has 0 aliphatic carbocycles. The zero-order valence-electron chi connectivity index (χ0n) is 26.5. The van der Waals surface area contributed by atoms with Crippen LogP contribution in [-0.2, 0) is 28.9 Å². The Balaban J connectivity index is 1.53. The monoisotopic (exact) mass is 652 g/mol. The average Bonchev–Trinajstić information content (AvgIpc) is 3.51. The maximum atomic E-state index is 14.5. The average molecular weight is 653 g/mol. The van der Waals surface area contributed by atoms with Crippen LogP contribution in [0.2, 0.25) is 0 Å². The lowest BCUT2D eigenvalue weighted by molar-refractivity contribution is -0.130. The van der Waals surface area contributed by atoms with E-state index in [1.54, 1.807) is 43.5 Å². The maximum Gasteiger partial charge on any atom is 0.266 e. The molecule has 2 atom stereocenters. The van der Waals surface area contributed by atoms with Gasteiger partial charge in [-0.3, -0.25) is 10.2 Å². The van der Waals surface area contributed by atoms with Gasteiger partial charge in [-0.25, -0.2) is 14.8 Å². The Morgan fingerprint density at radius 3 is 2.54 bits per heavy atom. The lowest BCUT2D eigenvalue weighted by Gasteiger charge is -2.31. The molecule has 0 radical (unpaired) electrons. The van der Waals surface area contributed by atoms with Crippen LogP contribution >= 0.6 is 0 Å². The fourth-order valence-electron chi connectivity index (χ4n) is 5.48. The molecular formula is C36H37FN6O5. The number of hydrogen-bond donors (Lipinski definition) is 3. The predicted octanol–water partition coefficient (Wildman–Crippen LogP) is 5.77. The molecule has 11 nitrogen and oxygen atoms in total. The van der Waals surface area contributed by atoms with E-state index in [0.29, 0.717) is 48.6 Å². The van der Waals surface area contributed by atoms with E-state index >= 15 is 0 Å². The summed E-state index contributed by atoms with van der Waals surface area (Å²) < 4.78 is 31.2. The molecule has 0 fully saturated rings. The third-order valence-electron chi connectivity index (χ3n) is 7.96. The first-order valence-electron chi connectivity index (χ1n) is 15.6. The molecule has 4 aromatic rings. The third kappa shape index (κ3) is 8.29. The van der Waals surface area contributed by atoms with E-state index in [2.05, 4.69) is 20.9 Å². The van der Waals surface area contributed by atoms with E-state index in [4.69, 9.17) is 29.8 Å². The number of aliphatic hydroxyl groups excluding tert-OH is 1. The Bertz CT molecular complexity index is 1760. The molecule has 248 valence electrons. The van der Waals surface area contributed by atoms with Crippen molar-refractivity contribution in [2.45, 2.75) is 37.5 Å². The smallest absolute Gasteiger partial charge is 0.266 e. The van der Waals surface area contributed by atoms with Gasteiger partial charge in [-0.1, -0.05) is 53.6 Å². The van der Waals surface area contributed by atoms with Crippen LogP contribution in [0.25, 0.3) is 10.4 Å². The Labute approximate surface area is 278 Å². The van der Waals surface area contributed by atoms with E-state index < -0.39 is 17.6 Å². The van der Waals surface area contributed by atoms with Crippen molar-refractivity contribution in [3.05, 3.63) is 141 Å². The number of hydrogen-bond acceptors (Lipinski definition) is 8. The molecule has 1 aliphatic heterocycles. The number of rotatable bonds is 16. The van der Waals surface area contributed by atoms with Crippen molar-refractivity contribution >= 4 is 11.8 Å². The zero-order chi connectivity index (χ0) is 33.8. The van der Waals surface area contributed by atoms with Crippen LogP contribution in [0.5, 0.6) is 11.5 Å². The highest BCUT2D eigenvalue weighted by atomic mass is 19.1. The fourth-order valence-corrected chi connectivity index (χ4v) is 5.48. The number of azide groups is 1. The quantitative estimate of drug-likeness (QED) is 0.0460. The molecule has 1 heterocycles. The van der Waals surface area contributed by atoms with E-state index in [1.165, 1.54) is 12.1 Å². The minimum atomic E-state index is -1.52. The number of aliphatic hydroxyl groups is 1. The summed E-state index contributed by atoms with van der Waals surface area (Å²) >= 11 is 0. The van der Waals surface area contributed by atoms with Gasteiger partial charge in [0.1, 0.15) is 17.3 Å². The summed E-state index contributed by atoms with van der Waals surface area (Å²) in [6.07, 6.45) is 0.286. The van der Waals surface area contributed by atoms with Gasteiger partial charge in [-0.15, -0.1) is 0 Å². The summed E-state index contributed by atoms with van der Waals surface area (Å²) in [5.74, 6) is 0.719. The highest BCUT2D eigenvalue weighted by molar-refractivity contribution is 6.01. The van der Waals surface area contributed by atoms with E-state index in [9.17, 15) is 9.18 Å². The zero-order valence-corrected chi connectivity index (χ0v) is 26.5. The molecule has 0 aromatic heterocycles. The lowest BCUT2D eigenvalue weighted by atomic mass is 9.81.